The molecule has 0 saturated carbocycles. The fraction of sp³-hybridized carbons (Fsp3) is 0.136. The summed E-state index contributed by atoms with van der Waals surface area (Å²) in [6.45, 7) is 0. The number of benzene rings is 3. The number of rotatable bonds is 8. The van der Waals surface area contributed by atoms with Crippen LogP contribution in [0.1, 0.15) is 18.0 Å². The molecule has 0 radical (unpaired) electrons. The number of carbonyl (C=O) groups excluding carboxylic acids is 1. The maximum atomic E-state index is 12.7. The first-order valence-corrected chi connectivity index (χ1v) is 11.4. The molecule has 1 atom stereocenters. The molecule has 156 valence electrons. The summed E-state index contributed by atoms with van der Waals surface area (Å²) in [5.41, 5.74) is 1.12. The van der Waals surface area contributed by atoms with Crippen molar-refractivity contribution >= 4 is 33.2 Å². The summed E-state index contributed by atoms with van der Waals surface area (Å²) >= 11 is 5.91. The first-order valence-electron chi connectivity index (χ1n) is 9.15. The van der Waals surface area contributed by atoms with Gasteiger partial charge in [-0.05, 0) is 42.0 Å². The predicted octanol–water partition coefficient (Wildman–Crippen LogP) is 4.75. The van der Waals surface area contributed by atoms with Gasteiger partial charge >= 0.3 is 0 Å². The zero-order chi connectivity index (χ0) is 21.6. The molecule has 3 aromatic carbocycles. The van der Waals surface area contributed by atoms with Crippen molar-refractivity contribution in [3.05, 3.63) is 89.4 Å². The van der Waals surface area contributed by atoms with Crippen LogP contribution in [0.25, 0.3) is 0 Å². The van der Waals surface area contributed by atoms with Gasteiger partial charge < -0.3 is 10.1 Å². The monoisotopic (exact) mass is 444 g/mol. The van der Waals surface area contributed by atoms with E-state index in [1.165, 1.54) is 0 Å². The molecule has 3 aromatic rings. The lowest BCUT2D eigenvalue weighted by Gasteiger charge is -2.18. The zero-order valence-electron chi connectivity index (χ0n) is 16.2. The molecule has 30 heavy (non-hydrogen) atoms. The predicted molar refractivity (Wildman–Crippen MR) is 118 cm³/mol. The van der Waals surface area contributed by atoms with Crippen molar-refractivity contribution in [2.75, 3.05) is 11.6 Å². The number of nitrogens with one attached hydrogen (secondary N) is 2. The summed E-state index contributed by atoms with van der Waals surface area (Å²) in [5, 5.41) is 3.32. The van der Waals surface area contributed by atoms with Crippen LogP contribution in [-0.2, 0) is 14.8 Å². The molecule has 0 saturated heterocycles. The topological polar surface area (TPSA) is 84.5 Å². The van der Waals surface area contributed by atoms with Gasteiger partial charge in [-0.2, -0.15) is 0 Å². The van der Waals surface area contributed by atoms with Crippen LogP contribution in [0.15, 0.2) is 78.9 Å². The summed E-state index contributed by atoms with van der Waals surface area (Å²) in [4.78, 5) is 12.7. The summed E-state index contributed by atoms with van der Waals surface area (Å²) in [6, 6.07) is 22.2. The van der Waals surface area contributed by atoms with E-state index in [-0.39, 0.29) is 12.3 Å². The Morgan fingerprint density at radius 2 is 1.60 bits per heavy atom. The Labute approximate surface area is 180 Å². The second-order valence-electron chi connectivity index (χ2n) is 6.66. The molecule has 1 unspecified atom stereocenters. The van der Waals surface area contributed by atoms with Crippen LogP contribution in [0.3, 0.4) is 0 Å². The average molecular weight is 445 g/mol. The van der Waals surface area contributed by atoms with Crippen molar-refractivity contribution in [2.45, 2.75) is 12.5 Å². The van der Waals surface area contributed by atoms with E-state index in [4.69, 9.17) is 16.3 Å². The van der Waals surface area contributed by atoms with Crippen molar-refractivity contribution in [3.8, 4) is 11.5 Å². The van der Waals surface area contributed by atoms with Crippen LogP contribution in [-0.4, -0.2) is 20.6 Å². The average Bonchev–Trinajstić information content (AvgIpc) is 2.69. The molecule has 0 bridgehead atoms. The van der Waals surface area contributed by atoms with Gasteiger partial charge in [-0.15, -0.1) is 0 Å². The number of hydrogen-bond acceptors (Lipinski definition) is 4. The smallest absolute Gasteiger partial charge is 0.226 e. The molecule has 0 aliphatic rings. The van der Waals surface area contributed by atoms with Gasteiger partial charge in [0.1, 0.15) is 5.75 Å². The SMILES string of the molecule is CS(=O)(=O)NC(CC(=O)Nc1ccccc1Oc1ccccc1)c1ccc(Cl)cc1. The lowest BCUT2D eigenvalue weighted by Crippen LogP contribution is -2.30. The molecular formula is C22H21ClN2O4S. The van der Waals surface area contributed by atoms with E-state index in [9.17, 15) is 13.2 Å². The highest BCUT2D eigenvalue weighted by Crippen LogP contribution is 2.30. The molecule has 0 aliphatic carbocycles. The fourth-order valence-corrected chi connectivity index (χ4v) is 3.70. The Balaban J connectivity index is 1.76. The quantitative estimate of drug-likeness (QED) is 0.525. The maximum Gasteiger partial charge on any atom is 0.226 e. The van der Waals surface area contributed by atoms with E-state index >= 15 is 0 Å². The Bertz CT molecular complexity index is 1100. The van der Waals surface area contributed by atoms with Crippen LogP contribution >= 0.6 is 11.6 Å². The zero-order valence-corrected chi connectivity index (χ0v) is 17.8. The van der Waals surface area contributed by atoms with Gasteiger partial charge in [0, 0.05) is 11.4 Å². The number of para-hydroxylation sites is 3. The van der Waals surface area contributed by atoms with Crippen LogP contribution in [0, 0.1) is 0 Å². The van der Waals surface area contributed by atoms with Gasteiger partial charge in [-0.1, -0.05) is 54.1 Å². The highest BCUT2D eigenvalue weighted by molar-refractivity contribution is 7.88. The minimum Gasteiger partial charge on any atom is -0.455 e. The molecule has 0 aromatic heterocycles. The van der Waals surface area contributed by atoms with Gasteiger partial charge in [-0.3, -0.25) is 4.79 Å². The third-order valence-electron chi connectivity index (χ3n) is 4.15. The van der Waals surface area contributed by atoms with E-state index in [0.717, 1.165) is 6.26 Å². The van der Waals surface area contributed by atoms with Gasteiger partial charge in [0.05, 0.1) is 18.0 Å². The Morgan fingerprint density at radius 3 is 2.27 bits per heavy atom. The van der Waals surface area contributed by atoms with E-state index < -0.39 is 16.1 Å². The highest BCUT2D eigenvalue weighted by atomic mass is 35.5. The lowest BCUT2D eigenvalue weighted by atomic mass is 10.0. The number of anilines is 1. The molecule has 1 amide bonds. The number of carbonyl (C=O) groups is 1. The third kappa shape index (κ3) is 6.59. The number of hydrogen-bond donors (Lipinski definition) is 2. The molecule has 2 N–H and O–H groups in total. The standard InChI is InChI=1S/C22H21ClN2O4S/c1-30(27,28)25-20(16-11-13-17(23)14-12-16)15-22(26)24-19-9-5-6-10-21(19)29-18-7-3-2-4-8-18/h2-14,20,25H,15H2,1H3,(H,24,26). The van der Waals surface area contributed by atoms with Crippen molar-refractivity contribution in [3.63, 3.8) is 0 Å². The van der Waals surface area contributed by atoms with Gasteiger partial charge in [0.25, 0.3) is 0 Å². The van der Waals surface area contributed by atoms with Gasteiger partial charge in [-0.25, -0.2) is 13.1 Å². The summed E-state index contributed by atoms with van der Waals surface area (Å²) in [5.74, 6) is 0.753. The van der Waals surface area contributed by atoms with Crippen LogP contribution < -0.4 is 14.8 Å². The minimum atomic E-state index is -3.54. The normalized spacial score (nSPS) is 12.2. The van der Waals surface area contributed by atoms with E-state index in [0.29, 0.717) is 27.8 Å². The second-order valence-corrected chi connectivity index (χ2v) is 8.87. The number of sulfonamides is 1. The van der Waals surface area contributed by atoms with Crippen LogP contribution in [0.2, 0.25) is 5.02 Å². The van der Waals surface area contributed by atoms with Crippen molar-refractivity contribution < 1.29 is 17.9 Å². The Kier molecular flexibility index (Phi) is 7.10. The molecule has 0 heterocycles. The first kappa shape index (κ1) is 21.8. The highest BCUT2D eigenvalue weighted by Gasteiger charge is 2.20. The molecule has 8 heteroatoms. The maximum absolute atomic E-state index is 12.7. The third-order valence-corrected chi connectivity index (χ3v) is 5.12. The van der Waals surface area contributed by atoms with Crippen molar-refractivity contribution in [1.29, 1.82) is 0 Å². The van der Waals surface area contributed by atoms with Crippen molar-refractivity contribution in [2.24, 2.45) is 0 Å². The molecule has 0 aliphatic heterocycles. The second kappa shape index (κ2) is 9.75. The Hall–Kier alpha value is -2.87. The van der Waals surface area contributed by atoms with Gasteiger partial charge in [0.2, 0.25) is 15.9 Å². The Morgan fingerprint density at radius 1 is 0.967 bits per heavy atom. The van der Waals surface area contributed by atoms with Gasteiger partial charge in [0.15, 0.2) is 5.75 Å². The first-order chi connectivity index (χ1) is 14.3. The molecule has 6 nitrogen and oxygen atoms in total. The minimum absolute atomic E-state index is 0.103. The summed E-state index contributed by atoms with van der Waals surface area (Å²) in [7, 11) is -3.54. The number of ether oxygens (including phenoxy) is 1. The van der Waals surface area contributed by atoms with Crippen molar-refractivity contribution in [1.82, 2.24) is 4.72 Å². The fourth-order valence-electron chi connectivity index (χ4n) is 2.84. The van der Waals surface area contributed by atoms with E-state index in [1.807, 2.05) is 30.3 Å². The molecular weight excluding hydrogens is 424 g/mol. The van der Waals surface area contributed by atoms with Crippen LogP contribution in [0.5, 0.6) is 11.5 Å². The van der Waals surface area contributed by atoms with E-state index in [2.05, 4.69) is 10.0 Å². The summed E-state index contributed by atoms with van der Waals surface area (Å²) in [6.07, 6.45) is 0.950. The molecule has 0 spiro atoms. The molecule has 0 fully saturated rings. The summed E-state index contributed by atoms with van der Waals surface area (Å²) < 4.78 is 31.9. The largest absolute Gasteiger partial charge is 0.455 e. The van der Waals surface area contributed by atoms with Crippen LogP contribution in [0.4, 0.5) is 5.69 Å². The number of amides is 1. The number of halogens is 1. The van der Waals surface area contributed by atoms with E-state index in [1.54, 1.807) is 48.5 Å². The molecule has 3 rings (SSSR count). The lowest BCUT2D eigenvalue weighted by molar-refractivity contribution is -0.116.